The molecule has 1 aliphatic rings. The van der Waals surface area contributed by atoms with Crippen LogP contribution < -0.4 is 5.73 Å². The molecule has 1 heterocycles. The zero-order valence-electron chi connectivity index (χ0n) is 10.8. The Morgan fingerprint density at radius 2 is 2.19 bits per heavy atom. The molecule has 1 saturated carbocycles. The van der Waals surface area contributed by atoms with Crippen molar-refractivity contribution in [2.75, 3.05) is 5.73 Å². The molecule has 16 heavy (non-hydrogen) atoms. The molecule has 0 aliphatic heterocycles. The zero-order chi connectivity index (χ0) is 11.9. The van der Waals surface area contributed by atoms with Crippen LogP contribution in [0.15, 0.2) is 6.20 Å². The standard InChI is InChI=1S/C13H23N3/c1-9-7-13(3,4)6-5-11(9)16-12(14)10(2)8-15-16/h8-9,11H,5-7,14H2,1-4H3. The van der Waals surface area contributed by atoms with Crippen molar-refractivity contribution >= 4 is 5.82 Å². The number of rotatable bonds is 1. The number of aryl methyl sites for hydroxylation is 1. The summed E-state index contributed by atoms with van der Waals surface area (Å²) in [6.45, 7) is 9.06. The number of hydrogen-bond donors (Lipinski definition) is 1. The Morgan fingerprint density at radius 1 is 1.50 bits per heavy atom. The Kier molecular flexibility index (Phi) is 2.72. The summed E-state index contributed by atoms with van der Waals surface area (Å²) in [5, 5.41) is 4.43. The normalized spacial score (nSPS) is 29.2. The van der Waals surface area contributed by atoms with E-state index in [1.165, 1.54) is 19.3 Å². The van der Waals surface area contributed by atoms with E-state index in [4.69, 9.17) is 5.73 Å². The van der Waals surface area contributed by atoms with Crippen molar-refractivity contribution in [3.8, 4) is 0 Å². The lowest BCUT2D eigenvalue weighted by Gasteiger charge is -2.39. The molecule has 1 aromatic heterocycles. The van der Waals surface area contributed by atoms with Crippen molar-refractivity contribution in [3.63, 3.8) is 0 Å². The first-order valence-electron chi connectivity index (χ1n) is 6.20. The fraction of sp³-hybridized carbons (Fsp3) is 0.769. The van der Waals surface area contributed by atoms with Gasteiger partial charge in [0, 0.05) is 5.56 Å². The third-order valence-corrected chi connectivity index (χ3v) is 3.99. The molecule has 2 rings (SSSR count). The van der Waals surface area contributed by atoms with Crippen LogP contribution in [0.25, 0.3) is 0 Å². The molecule has 1 aromatic rings. The topological polar surface area (TPSA) is 43.8 Å². The molecule has 1 aliphatic carbocycles. The molecular formula is C13H23N3. The van der Waals surface area contributed by atoms with Gasteiger partial charge in [-0.15, -0.1) is 0 Å². The third-order valence-electron chi connectivity index (χ3n) is 3.99. The van der Waals surface area contributed by atoms with E-state index >= 15 is 0 Å². The Hall–Kier alpha value is -0.990. The number of aromatic nitrogens is 2. The maximum Gasteiger partial charge on any atom is 0.124 e. The number of anilines is 1. The lowest BCUT2D eigenvalue weighted by Crippen LogP contribution is -2.31. The Labute approximate surface area is 98.0 Å². The molecule has 0 saturated heterocycles. The first kappa shape index (κ1) is 11.5. The van der Waals surface area contributed by atoms with Crippen LogP contribution in [0.1, 0.15) is 51.6 Å². The summed E-state index contributed by atoms with van der Waals surface area (Å²) in [5.74, 6) is 1.50. The summed E-state index contributed by atoms with van der Waals surface area (Å²) in [7, 11) is 0. The van der Waals surface area contributed by atoms with Gasteiger partial charge in [-0.2, -0.15) is 5.10 Å². The van der Waals surface area contributed by atoms with Crippen molar-refractivity contribution in [1.82, 2.24) is 9.78 Å². The highest BCUT2D eigenvalue weighted by Crippen LogP contribution is 2.44. The van der Waals surface area contributed by atoms with Crippen LogP contribution >= 0.6 is 0 Å². The van der Waals surface area contributed by atoms with Gasteiger partial charge in [-0.3, -0.25) is 0 Å². The fourth-order valence-corrected chi connectivity index (χ4v) is 3.02. The molecule has 2 N–H and O–H groups in total. The van der Waals surface area contributed by atoms with Gasteiger partial charge in [0.2, 0.25) is 0 Å². The van der Waals surface area contributed by atoms with E-state index in [1.807, 2.05) is 17.8 Å². The molecule has 2 unspecified atom stereocenters. The largest absolute Gasteiger partial charge is 0.384 e. The van der Waals surface area contributed by atoms with Crippen LogP contribution in [0, 0.1) is 18.3 Å². The average Bonchev–Trinajstić information content (AvgIpc) is 2.48. The highest BCUT2D eigenvalue weighted by Gasteiger charge is 2.34. The first-order valence-corrected chi connectivity index (χ1v) is 6.20. The maximum atomic E-state index is 6.06. The quantitative estimate of drug-likeness (QED) is 0.791. The average molecular weight is 221 g/mol. The summed E-state index contributed by atoms with van der Waals surface area (Å²) in [6.07, 6.45) is 5.59. The first-order chi connectivity index (χ1) is 7.41. The minimum Gasteiger partial charge on any atom is -0.384 e. The van der Waals surface area contributed by atoms with E-state index < -0.39 is 0 Å². The van der Waals surface area contributed by atoms with Gasteiger partial charge in [-0.25, -0.2) is 4.68 Å². The maximum absolute atomic E-state index is 6.06. The second-order valence-corrected chi connectivity index (χ2v) is 6.11. The summed E-state index contributed by atoms with van der Waals surface area (Å²) < 4.78 is 2.04. The van der Waals surface area contributed by atoms with Crippen LogP contribution in [0.5, 0.6) is 0 Å². The van der Waals surface area contributed by atoms with Crippen LogP contribution in [0.2, 0.25) is 0 Å². The molecule has 3 heteroatoms. The van der Waals surface area contributed by atoms with Gasteiger partial charge in [0.1, 0.15) is 5.82 Å². The lowest BCUT2D eigenvalue weighted by atomic mass is 9.70. The van der Waals surface area contributed by atoms with Crippen molar-refractivity contribution in [2.45, 2.75) is 53.0 Å². The number of nitrogens with zero attached hydrogens (tertiary/aromatic N) is 2. The summed E-state index contributed by atoms with van der Waals surface area (Å²) in [5.41, 5.74) is 7.64. The van der Waals surface area contributed by atoms with Gasteiger partial charge in [0.25, 0.3) is 0 Å². The third kappa shape index (κ3) is 1.95. The molecule has 0 amide bonds. The van der Waals surface area contributed by atoms with Gasteiger partial charge in [-0.1, -0.05) is 20.8 Å². The fourth-order valence-electron chi connectivity index (χ4n) is 3.02. The minimum absolute atomic E-state index is 0.479. The number of nitrogens with two attached hydrogens (primary N) is 1. The molecule has 0 radical (unpaired) electrons. The van der Waals surface area contributed by atoms with Gasteiger partial charge in [0.15, 0.2) is 0 Å². The molecular weight excluding hydrogens is 198 g/mol. The number of hydrogen-bond acceptors (Lipinski definition) is 2. The van der Waals surface area contributed by atoms with Gasteiger partial charge >= 0.3 is 0 Å². The molecule has 0 spiro atoms. The summed E-state index contributed by atoms with van der Waals surface area (Å²) in [6, 6.07) is 0.488. The van der Waals surface area contributed by atoms with E-state index in [0.717, 1.165) is 11.4 Å². The van der Waals surface area contributed by atoms with Crippen LogP contribution in [-0.2, 0) is 0 Å². The molecule has 0 aromatic carbocycles. The molecule has 3 nitrogen and oxygen atoms in total. The molecule has 90 valence electrons. The predicted molar refractivity (Wildman–Crippen MR) is 67.2 cm³/mol. The lowest BCUT2D eigenvalue weighted by molar-refractivity contribution is 0.127. The van der Waals surface area contributed by atoms with E-state index in [-0.39, 0.29) is 0 Å². The monoisotopic (exact) mass is 221 g/mol. The van der Waals surface area contributed by atoms with Crippen LogP contribution in [0.3, 0.4) is 0 Å². The highest BCUT2D eigenvalue weighted by atomic mass is 15.3. The van der Waals surface area contributed by atoms with E-state index in [1.54, 1.807) is 0 Å². The second kappa shape index (κ2) is 3.79. The second-order valence-electron chi connectivity index (χ2n) is 6.11. The van der Waals surface area contributed by atoms with Crippen molar-refractivity contribution in [2.24, 2.45) is 11.3 Å². The Balaban J connectivity index is 2.21. The zero-order valence-corrected chi connectivity index (χ0v) is 10.8. The SMILES string of the molecule is Cc1cnn(C2CCC(C)(C)CC2C)c1N. The van der Waals surface area contributed by atoms with Gasteiger partial charge in [0.05, 0.1) is 12.2 Å². The molecule has 2 atom stereocenters. The van der Waals surface area contributed by atoms with Gasteiger partial charge in [-0.05, 0) is 37.5 Å². The highest BCUT2D eigenvalue weighted by molar-refractivity contribution is 5.37. The van der Waals surface area contributed by atoms with E-state index in [2.05, 4.69) is 25.9 Å². The predicted octanol–water partition coefficient (Wildman–Crippen LogP) is 3.16. The van der Waals surface area contributed by atoms with Crippen molar-refractivity contribution in [3.05, 3.63) is 11.8 Å². The van der Waals surface area contributed by atoms with E-state index in [0.29, 0.717) is 17.4 Å². The molecule has 1 fully saturated rings. The summed E-state index contributed by atoms with van der Waals surface area (Å²) >= 11 is 0. The Morgan fingerprint density at radius 3 is 2.69 bits per heavy atom. The van der Waals surface area contributed by atoms with Gasteiger partial charge < -0.3 is 5.73 Å². The molecule has 0 bridgehead atoms. The minimum atomic E-state index is 0.479. The van der Waals surface area contributed by atoms with Crippen molar-refractivity contribution < 1.29 is 0 Å². The van der Waals surface area contributed by atoms with Crippen LogP contribution in [0.4, 0.5) is 5.82 Å². The van der Waals surface area contributed by atoms with Crippen molar-refractivity contribution in [1.29, 1.82) is 0 Å². The Bertz CT molecular complexity index is 379. The number of nitrogen functional groups attached to an aromatic ring is 1. The van der Waals surface area contributed by atoms with E-state index in [9.17, 15) is 0 Å². The smallest absolute Gasteiger partial charge is 0.124 e. The van der Waals surface area contributed by atoms with Crippen LogP contribution in [-0.4, -0.2) is 9.78 Å². The summed E-state index contributed by atoms with van der Waals surface area (Å²) in [4.78, 5) is 0.